The van der Waals surface area contributed by atoms with Crippen LogP contribution in [-0.4, -0.2) is 42.3 Å². The van der Waals surface area contributed by atoms with Gasteiger partial charge in [0.15, 0.2) is 0 Å². The van der Waals surface area contributed by atoms with Crippen molar-refractivity contribution in [1.82, 2.24) is 10.2 Å². The van der Waals surface area contributed by atoms with Crippen LogP contribution in [0.5, 0.6) is 0 Å². The van der Waals surface area contributed by atoms with Gasteiger partial charge >= 0.3 is 0 Å². The van der Waals surface area contributed by atoms with E-state index in [0.717, 1.165) is 64.2 Å². The molecule has 0 bridgehead atoms. The molecule has 0 aromatic carbocycles. The highest BCUT2D eigenvalue weighted by Gasteiger charge is 2.39. The fourth-order valence-corrected chi connectivity index (χ4v) is 4.12. The van der Waals surface area contributed by atoms with Gasteiger partial charge in [0.05, 0.1) is 13.2 Å². The number of allylic oxidation sites excluding steroid dienone is 2. The number of nitrogens with zero attached hydrogens (tertiary/aromatic N) is 1. The third kappa shape index (κ3) is 9.97. The van der Waals surface area contributed by atoms with Crippen LogP contribution < -0.4 is 5.32 Å². The van der Waals surface area contributed by atoms with Crippen LogP contribution in [0.25, 0.3) is 0 Å². The summed E-state index contributed by atoms with van der Waals surface area (Å²) in [7, 11) is 1.54. The lowest BCUT2D eigenvalue weighted by molar-refractivity contribution is -0.146. The van der Waals surface area contributed by atoms with Gasteiger partial charge in [0.1, 0.15) is 5.76 Å². The second-order valence-electron chi connectivity index (χ2n) is 9.05. The van der Waals surface area contributed by atoms with Crippen molar-refractivity contribution in [3.8, 4) is 0 Å². The summed E-state index contributed by atoms with van der Waals surface area (Å²) in [5, 5.41) is 3.01. The molecule has 6 nitrogen and oxygen atoms in total. The average Bonchev–Trinajstić information content (AvgIpc) is 3.13. The maximum absolute atomic E-state index is 13.0. The molecule has 1 aliphatic rings. The van der Waals surface area contributed by atoms with Gasteiger partial charge in [-0.1, -0.05) is 38.8 Å². The molecule has 0 aromatic rings. The van der Waals surface area contributed by atoms with E-state index in [0.29, 0.717) is 18.7 Å². The highest BCUT2D eigenvalue weighted by Crippen LogP contribution is 2.27. The number of rotatable bonds is 18. The summed E-state index contributed by atoms with van der Waals surface area (Å²) in [5.74, 6) is 0.00181. The number of hydrogen-bond acceptors (Lipinski definition) is 4. The standard InChI is InChI=1S/C27H44N2O4/c1-6-8-10-12-16-21(3)26(31)28-19-15-14-18-23-24(33-5)20-25(30)29(23)27(32)22(4)17-13-11-9-7-2/h6-7,20-23H,1-2,8-19H2,3-5H3,(H,28,31)/t21-,22-,23+/m1/s1. The topological polar surface area (TPSA) is 75.7 Å². The molecule has 3 amide bonds. The fourth-order valence-electron chi connectivity index (χ4n) is 4.12. The zero-order chi connectivity index (χ0) is 24.6. The minimum atomic E-state index is -0.356. The Labute approximate surface area is 200 Å². The maximum Gasteiger partial charge on any atom is 0.257 e. The minimum Gasteiger partial charge on any atom is -0.499 e. The van der Waals surface area contributed by atoms with Gasteiger partial charge in [-0.15, -0.1) is 13.2 Å². The molecule has 1 N–H and O–H groups in total. The molecule has 33 heavy (non-hydrogen) atoms. The third-order valence-corrected chi connectivity index (χ3v) is 6.28. The van der Waals surface area contributed by atoms with E-state index in [2.05, 4.69) is 18.5 Å². The van der Waals surface area contributed by atoms with Gasteiger partial charge in [-0.2, -0.15) is 0 Å². The van der Waals surface area contributed by atoms with Crippen LogP contribution in [0.4, 0.5) is 0 Å². The average molecular weight is 461 g/mol. The van der Waals surface area contributed by atoms with E-state index in [1.807, 2.05) is 26.0 Å². The number of methoxy groups -OCH3 is 1. The number of hydrogen-bond donors (Lipinski definition) is 1. The molecule has 1 heterocycles. The second kappa shape index (κ2) is 16.3. The van der Waals surface area contributed by atoms with Crippen LogP contribution >= 0.6 is 0 Å². The highest BCUT2D eigenvalue weighted by atomic mass is 16.5. The summed E-state index contributed by atoms with van der Waals surface area (Å²) in [6.45, 7) is 11.9. The molecule has 0 saturated heterocycles. The van der Waals surface area contributed by atoms with E-state index in [1.165, 1.54) is 18.1 Å². The van der Waals surface area contributed by atoms with Crippen molar-refractivity contribution < 1.29 is 19.1 Å². The minimum absolute atomic E-state index is 0.00590. The molecular weight excluding hydrogens is 416 g/mol. The summed E-state index contributed by atoms with van der Waals surface area (Å²) in [5.41, 5.74) is 0. The molecule has 0 aliphatic carbocycles. The van der Waals surface area contributed by atoms with E-state index >= 15 is 0 Å². The van der Waals surface area contributed by atoms with Crippen molar-refractivity contribution in [3.05, 3.63) is 37.1 Å². The normalized spacial score (nSPS) is 17.3. The summed E-state index contributed by atoms with van der Waals surface area (Å²) < 4.78 is 5.41. The first-order valence-electron chi connectivity index (χ1n) is 12.5. The first kappa shape index (κ1) is 28.7. The molecule has 0 aromatic heterocycles. The molecule has 186 valence electrons. The lowest BCUT2D eigenvalue weighted by Crippen LogP contribution is -2.43. The van der Waals surface area contributed by atoms with Crippen LogP contribution in [0.15, 0.2) is 37.1 Å². The number of ether oxygens (including phenoxy) is 1. The predicted octanol–water partition coefficient (Wildman–Crippen LogP) is 5.31. The second-order valence-corrected chi connectivity index (χ2v) is 9.05. The third-order valence-electron chi connectivity index (χ3n) is 6.28. The van der Waals surface area contributed by atoms with E-state index in [1.54, 1.807) is 0 Å². The fraction of sp³-hybridized carbons (Fsp3) is 0.667. The molecule has 6 heteroatoms. The lowest BCUT2D eigenvalue weighted by atomic mass is 10.00. The van der Waals surface area contributed by atoms with Crippen LogP contribution in [0.3, 0.4) is 0 Å². The highest BCUT2D eigenvalue weighted by molar-refractivity contribution is 6.04. The number of unbranched alkanes of at least 4 members (excludes halogenated alkanes) is 5. The SMILES string of the molecule is C=CCCCC[C@@H](C)C(=O)NCCCC[C@H]1C(OC)=CC(=O)N1C(=O)[C@H](C)CCCCC=C. The van der Waals surface area contributed by atoms with Crippen molar-refractivity contribution >= 4 is 17.7 Å². The summed E-state index contributed by atoms with van der Waals surface area (Å²) in [4.78, 5) is 39.2. The Morgan fingerprint density at radius 2 is 1.64 bits per heavy atom. The molecule has 0 radical (unpaired) electrons. The van der Waals surface area contributed by atoms with Gasteiger partial charge in [0, 0.05) is 24.5 Å². The first-order chi connectivity index (χ1) is 15.9. The summed E-state index contributed by atoms with van der Waals surface area (Å²) in [6, 6.07) is -0.356. The van der Waals surface area contributed by atoms with Gasteiger partial charge in [0.25, 0.3) is 5.91 Å². The number of imide groups is 1. The van der Waals surface area contributed by atoms with Gasteiger partial charge in [-0.05, 0) is 57.8 Å². The van der Waals surface area contributed by atoms with Crippen molar-refractivity contribution in [2.45, 2.75) is 90.5 Å². The van der Waals surface area contributed by atoms with Crippen molar-refractivity contribution in [2.75, 3.05) is 13.7 Å². The van der Waals surface area contributed by atoms with E-state index < -0.39 is 0 Å². The number of nitrogens with one attached hydrogen (secondary N) is 1. The number of carbonyl (C=O) groups excluding carboxylic acids is 3. The Hall–Kier alpha value is -2.37. The smallest absolute Gasteiger partial charge is 0.257 e. The van der Waals surface area contributed by atoms with Gasteiger partial charge in [-0.25, -0.2) is 0 Å². The van der Waals surface area contributed by atoms with E-state index in [-0.39, 0.29) is 35.6 Å². The maximum atomic E-state index is 13.0. The molecule has 1 aliphatic heterocycles. The van der Waals surface area contributed by atoms with Crippen LogP contribution in [0.1, 0.15) is 84.5 Å². The molecule has 0 fully saturated rings. The number of amides is 3. The lowest BCUT2D eigenvalue weighted by Gasteiger charge is -2.27. The quantitative estimate of drug-likeness (QED) is 0.222. The van der Waals surface area contributed by atoms with Gasteiger partial charge in [-0.3, -0.25) is 19.3 Å². The molecule has 3 atom stereocenters. The first-order valence-corrected chi connectivity index (χ1v) is 12.5. The molecular formula is C27H44N2O4. The molecule has 0 saturated carbocycles. The molecule has 0 spiro atoms. The Balaban J connectivity index is 2.46. The predicted molar refractivity (Wildman–Crippen MR) is 133 cm³/mol. The zero-order valence-electron chi connectivity index (χ0n) is 20.9. The van der Waals surface area contributed by atoms with Crippen molar-refractivity contribution in [1.29, 1.82) is 0 Å². The van der Waals surface area contributed by atoms with E-state index in [4.69, 9.17) is 4.74 Å². The van der Waals surface area contributed by atoms with Gasteiger partial charge < -0.3 is 10.1 Å². The Kier molecular flexibility index (Phi) is 14.1. The van der Waals surface area contributed by atoms with E-state index in [9.17, 15) is 14.4 Å². The monoisotopic (exact) mass is 460 g/mol. The van der Waals surface area contributed by atoms with Crippen LogP contribution in [-0.2, 0) is 19.1 Å². The Morgan fingerprint density at radius 1 is 1.03 bits per heavy atom. The van der Waals surface area contributed by atoms with Crippen molar-refractivity contribution in [3.63, 3.8) is 0 Å². The number of carbonyl (C=O) groups is 3. The molecule has 0 unspecified atom stereocenters. The Bertz CT molecular complexity index is 686. The zero-order valence-corrected chi connectivity index (χ0v) is 20.9. The summed E-state index contributed by atoms with van der Waals surface area (Å²) >= 11 is 0. The van der Waals surface area contributed by atoms with Gasteiger partial charge in [0.2, 0.25) is 11.8 Å². The van der Waals surface area contributed by atoms with Crippen LogP contribution in [0, 0.1) is 11.8 Å². The molecule has 1 rings (SSSR count). The van der Waals surface area contributed by atoms with Crippen molar-refractivity contribution in [2.24, 2.45) is 11.8 Å². The Morgan fingerprint density at radius 3 is 2.21 bits per heavy atom. The summed E-state index contributed by atoms with van der Waals surface area (Å²) in [6.07, 6.45) is 15.0. The van der Waals surface area contributed by atoms with Crippen LogP contribution in [0.2, 0.25) is 0 Å². The largest absolute Gasteiger partial charge is 0.499 e.